The standard InChI is InChI=1S/C9H8F3NO3/c1-16-5-2-4(3-6(14)15)13-9(12)7(5)8(10)11/h2,8H,3H2,1H3,(H,14,15). The van der Waals surface area contributed by atoms with Crippen LogP contribution in [0, 0.1) is 5.95 Å². The molecule has 1 aromatic rings. The van der Waals surface area contributed by atoms with Gasteiger partial charge in [0.25, 0.3) is 6.43 Å². The van der Waals surface area contributed by atoms with Gasteiger partial charge >= 0.3 is 5.97 Å². The van der Waals surface area contributed by atoms with Gasteiger partial charge in [-0.15, -0.1) is 0 Å². The highest BCUT2D eigenvalue weighted by Gasteiger charge is 2.22. The Labute approximate surface area is 88.7 Å². The Kier molecular flexibility index (Phi) is 3.70. The molecule has 0 fully saturated rings. The molecule has 1 heterocycles. The normalized spacial score (nSPS) is 10.6. The monoisotopic (exact) mass is 235 g/mol. The number of pyridine rings is 1. The maximum Gasteiger partial charge on any atom is 0.309 e. The molecular formula is C9H8F3NO3. The molecule has 0 atom stereocenters. The number of ether oxygens (including phenoxy) is 1. The number of methoxy groups -OCH3 is 1. The van der Waals surface area contributed by atoms with Crippen molar-refractivity contribution in [2.75, 3.05) is 7.11 Å². The number of nitrogens with zero attached hydrogens (tertiary/aromatic N) is 1. The first-order valence-electron chi connectivity index (χ1n) is 4.19. The van der Waals surface area contributed by atoms with E-state index in [4.69, 9.17) is 5.11 Å². The third-order valence-corrected chi connectivity index (χ3v) is 1.80. The van der Waals surface area contributed by atoms with E-state index in [1.165, 1.54) is 0 Å². The van der Waals surface area contributed by atoms with Crippen LogP contribution in [0.2, 0.25) is 0 Å². The van der Waals surface area contributed by atoms with Gasteiger partial charge in [0.1, 0.15) is 11.3 Å². The number of hydrogen-bond donors (Lipinski definition) is 1. The van der Waals surface area contributed by atoms with Crippen LogP contribution in [-0.2, 0) is 11.2 Å². The molecular weight excluding hydrogens is 227 g/mol. The summed E-state index contributed by atoms with van der Waals surface area (Å²) in [5.41, 5.74) is -1.14. The van der Waals surface area contributed by atoms with Crippen molar-refractivity contribution in [2.24, 2.45) is 0 Å². The summed E-state index contributed by atoms with van der Waals surface area (Å²) in [6.45, 7) is 0. The van der Waals surface area contributed by atoms with Gasteiger partial charge in [-0.2, -0.15) is 4.39 Å². The average molecular weight is 235 g/mol. The van der Waals surface area contributed by atoms with Crippen molar-refractivity contribution in [1.82, 2.24) is 4.98 Å². The van der Waals surface area contributed by atoms with Crippen LogP contribution < -0.4 is 4.74 Å². The van der Waals surface area contributed by atoms with Crippen LogP contribution >= 0.6 is 0 Å². The molecule has 0 aliphatic carbocycles. The van der Waals surface area contributed by atoms with Crippen LogP contribution in [0.25, 0.3) is 0 Å². The molecule has 0 unspecified atom stereocenters. The zero-order valence-corrected chi connectivity index (χ0v) is 8.21. The summed E-state index contributed by atoms with van der Waals surface area (Å²) >= 11 is 0. The highest BCUT2D eigenvalue weighted by Crippen LogP contribution is 2.31. The second-order valence-electron chi connectivity index (χ2n) is 2.89. The predicted octanol–water partition coefficient (Wildman–Crippen LogP) is 1.79. The zero-order chi connectivity index (χ0) is 12.3. The van der Waals surface area contributed by atoms with Crippen molar-refractivity contribution in [1.29, 1.82) is 0 Å². The lowest BCUT2D eigenvalue weighted by Gasteiger charge is -2.09. The second-order valence-corrected chi connectivity index (χ2v) is 2.89. The van der Waals surface area contributed by atoms with E-state index in [1.54, 1.807) is 0 Å². The molecule has 0 bridgehead atoms. The van der Waals surface area contributed by atoms with Crippen molar-refractivity contribution >= 4 is 5.97 Å². The third-order valence-electron chi connectivity index (χ3n) is 1.80. The molecule has 1 rings (SSSR count). The Morgan fingerprint density at radius 1 is 1.62 bits per heavy atom. The van der Waals surface area contributed by atoms with Crippen molar-refractivity contribution in [3.63, 3.8) is 0 Å². The van der Waals surface area contributed by atoms with E-state index in [0.29, 0.717) is 0 Å². The van der Waals surface area contributed by atoms with Gasteiger partial charge in [0.15, 0.2) is 0 Å². The lowest BCUT2D eigenvalue weighted by atomic mass is 10.2. The maximum absolute atomic E-state index is 13.1. The van der Waals surface area contributed by atoms with E-state index in [2.05, 4.69) is 9.72 Å². The molecule has 16 heavy (non-hydrogen) atoms. The van der Waals surface area contributed by atoms with Gasteiger partial charge in [0.05, 0.1) is 19.2 Å². The highest BCUT2D eigenvalue weighted by atomic mass is 19.3. The summed E-state index contributed by atoms with van der Waals surface area (Å²) < 4.78 is 42.5. The van der Waals surface area contributed by atoms with Crippen LogP contribution in [0.4, 0.5) is 13.2 Å². The van der Waals surface area contributed by atoms with Crippen LogP contribution in [0.1, 0.15) is 17.7 Å². The fourth-order valence-corrected chi connectivity index (χ4v) is 1.16. The molecule has 0 spiro atoms. The number of carboxylic acid groups (broad SMARTS) is 1. The van der Waals surface area contributed by atoms with Gasteiger partial charge in [-0.1, -0.05) is 0 Å². The van der Waals surface area contributed by atoms with E-state index in [1.807, 2.05) is 0 Å². The zero-order valence-electron chi connectivity index (χ0n) is 8.21. The van der Waals surface area contributed by atoms with Gasteiger partial charge < -0.3 is 9.84 Å². The van der Waals surface area contributed by atoms with E-state index in [9.17, 15) is 18.0 Å². The minimum atomic E-state index is -3.07. The van der Waals surface area contributed by atoms with Crippen LogP contribution in [0.15, 0.2) is 6.07 Å². The quantitative estimate of drug-likeness (QED) is 0.808. The van der Waals surface area contributed by atoms with Crippen LogP contribution in [0.5, 0.6) is 5.75 Å². The van der Waals surface area contributed by atoms with Crippen molar-refractivity contribution in [2.45, 2.75) is 12.8 Å². The molecule has 1 N–H and O–H groups in total. The topological polar surface area (TPSA) is 59.4 Å². The van der Waals surface area contributed by atoms with Gasteiger partial charge in [0, 0.05) is 6.07 Å². The molecule has 0 saturated carbocycles. The molecule has 0 aliphatic rings. The van der Waals surface area contributed by atoms with Crippen LogP contribution in [-0.4, -0.2) is 23.2 Å². The number of carboxylic acids is 1. The molecule has 0 radical (unpaired) electrons. The van der Waals surface area contributed by atoms with E-state index < -0.39 is 36.1 Å². The number of carbonyl (C=O) groups is 1. The van der Waals surface area contributed by atoms with Gasteiger partial charge in [-0.25, -0.2) is 13.8 Å². The number of aromatic nitrogens is 1. The summed E-state index contributed by atoms with van der Waals surface area (Å²) in [6.07, 6.45) is -3.63. The molecule has 0 aliphatic heterocycles. The highest BCUT2D eigenvalue weighted by molar-refractivity contribution is 5.69. The summed E-state index contributed by atoms with van der Waals surface area (Å²) in [5, 5.41) is 8.45. The fraction of sp³-hybridized carbons (Fsp3) is 0.333. The Bertz CT molecular complexity index is 409. The number of aliphatic carboxylic acids is 1. The number of alkyl halides is 2. The fourth-order valence-electron chi connectivity index (χ4n) is 1.16. The van der Waals surface area contributed by atoms with Gasteiger partial charge in [-0.3, -0.25) is 4.79 Å². The smallest absolute Gasteiger partial charge is 0.309 e. The first-order chi connectivity index (χ1) is 7.45. The van der Waals surface area contributed by atoms with Crippen molar-refractivity contribution in [3.05, 3.63) is 23.3 Å². The molecule has 7 heteroatoms. The van der Waals surface area contributed by atoms with E-state index in [-0.39, 0.29) is 5.69 Å². The molecule has 88 valence electrons. The molecule has 0 aromatic carbocycles. The first kappa shape index (κ1) is 12.3. The summed E-state index contributed by atoms with van der Waals surface area (Å²) in [7, 11) is 1.09. The van der Waals surface area contributed by atoms with E-state index >= 15 is 0 Å². The Hall–Kier alpha value is -1.79. The summed E-state index contributed by atoms with van der Waals surface area (Å²) in [6, 6.07) is 0.985. The third kappa shape index (κ3) is 2.62. The summed E-state index contributed by atoms with van der Waals surface area (Å²) in [5.74, 6) is -3.05. The first-order valence-corrected chi connectivity index (χ1v) is 4.19. The predicted molar refractivity (Wildman–Crippen MR) is 47.0 cm³/mol. The number of hydrogen-bond acceptors (Lipinski definition) is 3. The number of rotatable bonds is 4. The summed E-state index contributed by atoms with van der Waals surface area (Å²) in [4.78, 5) is 13.5. The minimum absolute atomic E-state index is 0.175. The lowest BCUT2D eigenvalue weighted by molar-refractivity contribution is -0.136. The maximum atomic E-state index is 13.1. The Morgan fingerprint density at radius 2 is 2.25 bits per heavy atom. The Morgan fingerprint density at radius 3 is 2.69 bits per heavy atom. The molecule has 0 amide bonds. The van der Waals surface area contributed by atoms with Crippen LogP contribution in [0.3, 0.4) is 0 Å². The van der Waals surface area contributed by atoms with Crippen molar-refractivity contribution in [3.8, 4) is 5.75 Å². The molecule has 1 aromatic heterocycles. The minimum Gasteiger partial charge on any atom is -0.496 e. The van der Waals surface area contributed by atoms with E-state index in [0.717, 1.165) is 13.2 Å². The average Bonchev–Trinajstić information content (AvgIpc) is 2.14. The lowest BCUT2D eigenvalue weighted by Crippen LogP contribution is -2.07. The van der Waals surface area contributed by atoms with Gasteiger partial charge in [0.2, 0.25) is 5.95 Å². The van der Waals surface area contributed by atoms with Crippen molar-refractivity contribution < 1.29 is 27.8 Å². The largest absolute Gasteiger partial charge is 0.496 e. The SMILES string of the molecule is COc1cc(CC(=O)O)nc(F)c1C(F)F. The van der Waals surface area contributed by atoms with Gasteiger partial charge in [-0.05, 0) is 0 Å². The molecule has 4 nitrogen and oxygen atoms in total. The number of halogens is 3. The Balaban J connectivity index is 3.20. The molecule has 0 saturated heterocycles. The second kappa shape index (κ2) is 4.82.